The predicted octanol–water partition coefficient (Wildman–Crippen LogP) is 3.25. The van der Waals surface area contributed by atoms with Crippen LogP contribution in [0.25, 0.3) is 0 Å². The van der Waals surface area contributed by atoms with Crippen molar-refractivity contribution in [2.75, 3.05) is 23.4 Å². The van der Waals surface area contributed by atoms with E-state index in [2.05, 4.69) is 12.2 Å². The van der Waals surface area contributed by atoms with Crippen LogP contribution in [0.1, 0.15) is 18.9 Å². The van der Waals surface area contributed by atoms with Crippen molar-refractivity contribution in [1.29, 1.82) is 5.26 Å². The molecule has 0 unspecified atom stereocenters. The summed E-state index contributed by atoms with van der Waals surface area (Å²) in [5.74, 6) is 1.86. The molecule has 86 valence electrons. The Balaban J connectivity index is 2.45. The standard InChI is InChI=1S/C12H15FN2S/c1-2-16-7-3-6-15-12-5-4-11(13)8-10(12)9-14/h4-5,8,15H,2-3,6-7H2,1H3. The van der Waals surface area contributed by atoms with Crippen molar-refractivity contribution in [3.63, 3.8) is 0 Å². The minimum atomic E-state index is -0.372. The summed E-state index contributed by atoms with van der Waals surface area (Å²) in [6, 6.07) is 6.21. The fourth-order valence-corrected chi connectivity index (χ4v) is 1.94. The second-order valence-corrected chi connectivity index (χ2v) is 4.67. The average molecular weight is 238 g/mol. The first-order valence-electron chi connectivity index (χ1n) is 5.29. The zero-order valence-electron chi connectivity index (χ0n) is 9.29. The summed E-state index contributed by atoms with van der Waals surface area (Å²) in [6.07, 6.45) is 1.04. The highest BCUT2D eigenvalue weighted by Crippen LogP contribution is 2.16. The molecule has 1 N–H and O–H groups in total. The van der Waals surface area contributed by atoms with Gasteiger partial charge in [-0.25, -0.2) is 4.39 Å². The van der Waals surface area contributed by atoms with Crippen molar-refractivity contribution in [3.05, 3.63) is 29.6 Å². The number of hydrogen-bond donors (Lipinski definition) is 1. The SMILES string of the molecule is CCSCCCNc1ccc(F)cc1C#N. The average Bonchev–Trinajstić information content (AvgIpc) is 2.30. The minimum Gasteiger partial charge on any atom is -0.384 e. The number of rotatable bonds is 6. The predicted molar refractivity (Wildman–Crippen MR) is 67.2 cm³/mol. The van der Waals surface area contributed by atoms with Gasteiger partial charge in [0.2, 0.25) is 0 Å². The first-order valence-corrected chi connectivity index (χ1v) is 6.44. The maximum absolute atomic E-state index is 12.8. The normalized spacial score (nSPS) is 9.81. The van der Waals surface area contributed by atoms with Crippen molar-refractivity contribution in [2.24, 2.45) is 0 Å². The molecular formula is C12H15FN2S. The summed E-state index contributed by atoms with van der Waals surface area (Å²) in [7, 11) is 0. The molecule has 0 aliphatic heterocycles. The highest BCUT2D eigenvalue weighted by atomic mass is 32.2. The van der Waals surface area contributed by atoms with Gasteiger partial charge in [-0.05, 0) is 36.1 Å². The minimum absolute atomic E-state index is 0.364. The Morgan fingerprint density at radius 2 is 2.31 bits per heavy atom. The van der Waals surface area contributed by atoms with Gasteiger partial charge in [0, 0.05) is 6.54 Å². The van der Waals surface area contributed by atoms with E-state index in [0.29, 0.717) is 11.3 Å². The fourth-order valence-electron chi connectivity index (χ4n) is 1.30. The highest BCUT2D eigenvalue weighted by Gasteiger charge is 2.02. The molecule has 0 saturated carbocycles. The molecule has 0 fully saturated rings. The zero-order valence-corrected chi connectivity index (χ0v) is 10.1. The van der Waals surface area contributed by atoms with Gasteiger partial charge in [0.25, 0.3) is 0 Å². The van der Waals surface area contributed by atoms with E-state index < -0.39 is 0 Å². The van der Waals surface area contributed by atoms with Gasteiger partial charge in [-0.2, -0.15) is 17.0 Å². The van der Waals surface area contributed by atoms with E-state index >= 15 is 0 Å². The third-order valence-electron chi connectivity index (χ3n) is 2.09. The lowest BCUT2D eigenvalue weighted by atomic mass is 10.2. The first-order chi connectivity index (χ1) is 7.77. The van der Waals surface area contributed by atoms with E-state index in [1.165, 1.54) is 12.1 Å². The number of nitriles is 1. The summed E-state index contributed by atoms with van der Waals surface area (Å²) < 4.78 is 12.8. The third-order valence-corrected chi connectivity index (χ3v) is 3.07. The van der Waals surface area contributed by atoms with Gasteiger partial charge in [0.1, 0.15) is 11.9 Å². The molecule has 16 heavy (non-hydrogen) atoms. The molecule has 0 aliphatic rings. The number of nitrogens with one attached hydrogen (secondary N) is 1. The van der Waals surface area contributed by atoms with Gasteiger partial charge in [-0.15, -0.1) is 0 Å². The molecule has 0 bridgehead atoms. The second kappa shape index (κ2) is 7.13. The summed E-state index contributed by atoms with van der Waals surface area (Å²) in [6.45, 7) is 2.94. The Labute approximate surface area is 99.9 Å². The number of thioether (sulfide) groups is 1. The topological polar surface area (TPSA) is 35.8 Å². The molecule has 0 radical (unpaired) electrons. The monoisotopic (exact) mass is 238 g/mol. The maximum Gasteiger partial charge on any atom is 0.124 e. The quantitative estimate of drug-likeness (QED) is 0.773. The number of benzene rings is 1. The van der Waals surface area contributed by atoms with Crippen molar-refractivity contribution < 1.29 is 4.39 Å². The van der Waals surface area contributed by atoms with E-state index in [9.17, 15) is 4.39 Å². The Morgan fingerprint density at radius 1 is 1.50 bits per heavy atom. The molecule has 0 spiro atoms. The van der Waals surface area contributed by atoms with Crippen molar-refractivity contribution >= 4 is 17.4 Å². The Bertz CT molecular complexity index is 374. The van der Waals surface area contributed by atoms with Crippen molar-refractivity contribution in [2.45, 2.75) is 13.3 Å². The molecule has 0 heterocycles. The summed E-state index contributed by atoms with van der Waals surface area (Å²) in [4.78, 5) is 0. The highest BCUT2D eigenvalue weighted by molar-refractivity contribution is 7.99. The molecule has 4 heteroatoms. The van der Waals surface area contributed by atoms with Gasteiger partial charge in [0.15, 0.2) is 0 Å². The zero-order chi connectivity index (χ0) is 11.8. The van der Waals surface area contributed by atoms with Gasteiger partial charge in [-0.3, -0.25) is 0 Å². The second-order valence-electron chi connectivity index (χ2n) is 3.28. The lowest BCUT2D eigenvalue weighted by molar-refractivity contribution is 0.627. The summed E-state index contributed by atoms with van der Waals surface area (Å²) in [5, 5.41) is 12.0. The third kappa shape index (κ3) is 4.11. The van der Waals surface area contributed by atoms with Crippen LogP contribution in [-0.2, 0) is 0 Å². The molecule has 0 saturated heterocycles. The first kappa shape index (κ1) is 12.9. The Hall–Kier alpha value is -1.21. The van der Waals surface area contributed by atoms with Crippen LogP contribution in [0.2, 0.25) is 0 Å². The van der Waals surface area contributed by atoms with Gasteiger partial charge in [-0.1, -0.05) is 6.92 Å². The lowest BCUT2D eigenvalue weighted by Gasteiger charge is -2.07. The molecular weight excluding hydrogens is 223 g/mol. The smallest absolute Gasteiger partial charge is 0.124 e. The van der Waals surface area contributed by atoms with E-state index in [1.807, 2.05) is 17.8 Å². The Morgan fingerprint density at radius 3 is 3.00 bits per heavy atom. The molecule has 1 rings (SSSR count). The lowest BCUT2D eigenvalue weighted by Crippen LogP contribution is -2.04. The number of halogens is 1. The van der Waals surface area contributed by atoms with E-state index in [-0.39, 0.29) is 5.82 Å². The molecule has 2 nitrogen and oxygen atoms in total. The van der Waals surface area contributed by atoms with Crippen LogP contribution in [0, 0.1) is 17.1 Å². The number of nitrogens with zero attached hydrogens (tertiary/aromatic N) is 1. The molecule has 0 atom stereocenters. The van der Waals surface area contributed by atoms with Crippen LogP contribution in [0.3, 0.4) is 0 Å². The van der Waals surface area contributed by atoms with Crippen molar-refractivity contribution in [1.82, 2.24) is 0 Å². The van der Waals surface area contributed by atoms with Crippen LogP contribution in [-0.4, -0.2) is 18.1 Å². The van der Waals surface area contributed by atoms with Gasteiger partial charge < -0.3 is 5.32 Å². The van der Waals surface area contributed by atoms with E-state index in [4.69, 9.17) is 5.26 Å². The fraction of sp³-hybridized carbons (Fsp3) is 0.417. The van der Waals surface area contributed by atoms with Crippen LogP contribution >= 0.6 is 11.8 Å². The van der Waals surface area contributed by atoms with Gasteiger partial charge in [0.05, 0.1) is 11.3 Å². The van der Waals surface area contributed by atoms with Crippen LogP contribution in [0.15, 0.2) is 18.2 Å². The Kier molecular flexibility index (Phi) is 5.73. The van der Waals surface area contributed by atoms with Gasteiger partial charge >= 0.3 is 0 Å². The largest absolute Gasteiger partial charge is 0.384 e. The number of hydrogen-bond acceptors (Lipinski definition) is 3. The molecule has 0 amide bonds. The molecule has 1 aromatic rings. The summed E-state index contributed by atoms with van der Waals surface area (Å²) in [5.41, 5.74) is 1.08. The van der Waals surface area contributed by atoms with Crippen LogP contribution in [0.4, 0.5) is 10.1 Å². The summed E-state index contributed by atoms with van der Waals surface area (Å²) >= 11 is 1.89. The number of anilines is 1. The molecule has 0 aromatic heterocycles. The van der Waals surface area contributed by atoms with Crippen LogP contribution < -0.4 is 5.32 Å². The van der Waals surface area contributed by atoms with Crippen LogP contribution in [0.5, 0.6) is 0 Å². The van der Waals surface area contributed by atoms with E-state index in [0.717, 1.165) is 24.5 Å². The maximum atomic E-state index is 12.8. The van der Waals surface area contributed by atoms with Crippen molar-refractivity contribution in [3.8, 4) is 6.07 Å². The molecule has 1 aromatic carbocycles. The van der Waals surface area contributed by atoms with E-state index in [1.54, 1.807) is 6.07 Å². The molecule has 0 aliphatic carbocycles.